The van der Waals surface area contributed by atoms with Crippen LogP contribution in [0.15, 0.2) is 18.3 Å². The Kier molecular flexibility index (Phi) is 4.24. The smallest absolute Gasteiger partial charge is 0.251 e. The first-order chi connectivity index (χ1) is 9.45. The molecule has 0 aromatic carbocycles. The van der Waals surface area contributed by atoms with E-state index in [0.717, 1.165) is 0 Å². The summed E-state index contributed by atoms with van der Waals surface area (Å²) in [5.41, 5.74) is 0.357. The highest BCUT2D eigenvalue weighted by Crippen LogP contribution is 2.16. The summed E-state index contributed by atoms with van der Waals surface area (Å²) in [4.78, 5) is 16.0. The lowest BCUT2D eigenvalue weighted by Crippen LogP contribution is -2.43. The second kappa shape index (κ2) is 5.76. The Morgan fingerprint density at radius 2 is 2.15 bits per heavy atom. The van der Waals surface area contributed by atoms with Crippen molar-refractivity contribution >= 4 is 15.7 Å². The number of carbonyl (C=O) groups excluding carboxylic acids is 1. The van der Waals surface area contributed by atoms with Gasteiger partial charge in [0.2, 0.25) is 5.88 Å². The molecule has 0 aliphatic carbocycles. The fraction of sp³-hybridized carbons (Fsp3) is 0.500. The van der Waals surface area contributed by atoms with Crippen molar-refractivity contribution < 1.29 is 22.7 Å². The van der Waals surface area contributed by atoms with Gasteiger partial charge in [0.05, 0.1) is 30.8 Å². The van der Waals surface area contributed by atoms with E-state index in [2.05, 4.69) is 10.3 Å². The van der Waals surface area contributed by atoms with Crippen LogP contribution in [-0.2, 0) is 14.6 Å². The number of sulfone groups is 1. The molecule has 2 atom stereocenters. The van der Waals surface area contributed by atoms with Gasteiger partial charge in [0.25, 0.3) is 5.91 Å². The second-order valence-corrected chi connectivity index (χ2v) is 6.67. The van der Waals surface area contributed by atoms with Crippen LogP contribution < -0.4 is 10.1 Å². The maximum absolute atomic E-state index is 12.1. The van der Waals surface area contributed by atoms with Crippen molar-refractivity contribution in [2.75, 3.05) is 25.7 Å². The summed E-state index contributed by atoms with van der Waals surface area (Å²) in [5, 5.41) is 2.68. The molecule has 0 saturated carbocycles. The number of pyridine rings is 1. The van der Waals surface area contributed by atoms with Crippen molar-refractivity contribution in [3.8, 4) is 5.88 Å². The summed E-state index contributed by atoms with van der Waals surface area (Å²) in [6.45, 7) is 0. The van der Waals surface area contributed by atoms with Crippen LogP contribution in [0, 0.1) is 0 Å². The molecule has 1 aromatic heterocycles. The molecule has 1 N–H and O–H groups in total. The Labute approximate surface area is 117 Å². The molecule has 2 rings (SSSR count). The lowest BCUT2D eigenvalue weighted by atomic mass is 10.2. The fourth-order valence-corrected chi connectivity index (χ4v) is 3.95. The van der Waals surface area contributed by atoms with E-state index in [9.17, 15) is 13.2 Å². The van der Waals surface area contributed by atoms with E-state index in [4.69, 9.17) is 9.47 Å². The summed E-state index contributed by atoms with van der Waals surface area (Å²) in [5.74, 6) is -0.247. The van der Waals surface area contributed by atoms with Crippen LogP contribution in [-0.4, -0.2) is 57.2 Å². The third kappa shape index (κ3) is 3.26. The van der Waals surface area contributed by atoms with E-state index in [1.807, 2.05) is 0 Å². The molecule has 1 saturated heterocycles. The maximum atomic E-state index is 12.1. The van der Waals surface area contributed by atoms with Crippen molar-refractivity contribution in [3.63, 3.8) is 0 Å². The highest BCUT2D eigenvalue weighted by molar-refractivity contribution is 7.91. The van der Waals surface area contributed by atoms with Gasteiger partial charge in [-0.25, -0.2) is 13.4 Å². The third-order valence-electron chi connectivity index (χ3n) is 3.13. The van der Waals surface area contributed by atoms with Crippen molar-refractivity contribution in [1.82, 2.24) is 10.3 Å². The third-order valence-corrected chi connectivity index (χ3v) is 4.83. The largest absolute Gasteiger partial charge is 0.481 e. The first-order valence-corrected chi connectivity index (χ1v) is 7.81. The number of hydrogen-bond donors (Lipinski definition) is 1. The van der Waals surface area contributed by atoms with Crippen LogP contribution >= 0.6 is 0 Å². The molecule has 1 aliphatic rings. The molecule has 110 valence electrons. The number of amides is 1. The number of carbonyl (C=O) groups is 1. The van der Waals surface area contributed by atoms with Crippen molar-refractivity contribution in [2.45, 2.75) is 12.1 Å². The van der Waals surface area contributed by atoms with Crippen LogP contribution in [0.4, 0.5) is 0 Å². The van der Waals surface area contributed by atoms with Gasteiger partial charge in [-0.2, -0.15) is 0 Å². The minimum absolute atomic E-state index is 0.0753. The Bertz CT molecular complexity index is 602. The predicted molar refractivity (Wildman–Crippen MR) is 71.5 cm³/mol. The average Bonchev–Trinajstić information content (AvgIpc) is 2.73. The predicted octanol–water partition coefficient (Wildman–Crippen LogP) is -0.368. The van der Waals surface area contributed by atoms with Gasteiger partial charge in [0, 0.05) is 24.9 Å². The summed E-state index contributed by atoms with van der Waals surface area (Å²) in [7, 11) is -0.291. The zero-order valence-electron chi connectivity index (χ0n) is 11.2. The molecular weight excluding hydrogens is 284 g/mol. The van der Waals surface area contributed by atoms with Crippen LogP contribution in [0.1, 0.15) is 10.4 Å². The second-order valence-electron chi connectivity index (χ2n) is 4.52. The molecule has 1 amide bonds. The number of ether oxygens (including phenoxy) is 2. The number of aromatic nitrogens is 1. The van der Waals surface area contributed by atoms with E-state index in [1.54, 1.807) is 0 Å². The van der Waals surface area contributed by atoms with E-state index in [-0.39, 0.29) is 17.4 Å². The van der Waals surface area contributed by atoms with Crippen molar-refractivity contribution in [2.24, 2.45) is 0 Å². The Morgan fingerprint density at radius 1 is 1.40 bits per heavy atom. The van der Waals surface area contributed by atoms with Crippen LogP contribution in [0.3, 0.4) is 0 Å². The molecule has 1 aromatic rings. The van der Waals surface area contributed by atoms with Gasteiger partial charge in [0.15, 0.2) is 9.84 Å². The molecule has 20 heavy (non-hydrogen) atoms. The van der Waals surface area contributed by atoms with Gasteiger partial charge >= 0.3 is 0 Å². The topological polar surface area (TPSA) is 94.6 Å². The Morgan fingerprint density at radius 3 is 2.80 bits per heavy atom. The summed E-state index contributed by atoms with van der Waals surface area (Å²) in [6.07, 6.45) is 0.931. The first kappa shape index (κ1) is 14.7. The molecule has 7 nitrogen and oxygen atoms in total. The average molecular weight is 300 g/mol. The number of methoxy groups -OCH3 is 2. The molecule has 0 radical (unpaired) electrons. The van der Waals surface area contributed by atoms with Crippen LogP contribution in [0.5, 0.6) is 5.88 Å². The highest BCUT2D eigenvalue weighted by atomic mass is 32.2. The van der Waals surface area contributed by atoms with Gasteiger partial charge < -0.3 is 14.8 Å². The SMILES string of the molecule is COc1cc(C(=O)N[C@@H]2CS(=O)(=O)C[C@H]2OC)ccn1. The Hall–Kier alpha value is -1.67. The fourth-order valence-electron chi connectivity index (χ4n) is 2.10. The first-order valence-electron chi connectivity index (χ1n) is 5.99. The Balaban J connectivity index is 2.11. The zero-order chi connectivity index (χ0) is 14.8. The molecule has 8 heteroatoms. The lowest BCUT2D eigenvalue weighted by molar-refractivity contribution is 0.0786. The molecule has 0 spiro atoms. The monoisotopic (exact) mass is 300 g/mol. The van der Waals surface area contributed by atoms with Crippen molar-refractivity contribution in [1.29, 1.82) is 0 Å². The van der Waals surface area contributed by atoms with Gasteiger partial charge in [0.1, 0.15) is 0 Å². The normalized spacial score (nSPS) is 24.3. The van der Waals surface area contributed by atoms with Crippen molar-refractivity contribution in [3.05, 3.63) is 23.9 Å². The van der Waals surface area contributed by atoms with E-state index >= 15 is 0 Å². The number of nitrogens with zero attached hydrogens (tertiary/aromatic N) is 1. The molecule has 2 heterocycles. The quantitative estimate of drug-likeness (QED) is 0.815. The van der Waals surface area contributed by atoms with Crippen LogP contribution in [0.2, 0.25) is 0 Å². The number of hydrogen-bond acceptors (Lipinski definition) is 6. The molecule has 1 aliphatic heterocycles. The number of nitrogens with one attached hydrogen (secondary N) is 1. The highest BCUT2D eigenvalue weighted by Gasteiger charge is 2.38. The summed E-state index contributed by atoms with van der Waals surface area (Å²) < 4.78 is 33.2. The molecular formula is C12H16N2O5S. The van der Waals surface area contributed by atoms with Gasteiger partial charge in [-0.05, 0) is 6.07 Å². The van der Waals surface area contributed by atoms with Gasteiger partial charge in [-0.3, -0.25) is 4.79 Å². The zero-order valence-corrected chi connectivity index (χ0v) is 12.0. The lowest BCUT2D eigenvalue weighted by Gasteiger charge is -2.18. The molecule has 0 bridgehead atoms. The molecule has 0 unspecified atom stereocenters. The molecule has 1 fully saturated rings. The van der Waals surface area contributed by atoms with Gasteiger partial charge in [-0.15, -0.1) is 0 Å². The minimum Gasteiger partial charge on any atom is -0.481 e. The number of rotatable bonds is 4. The summed E-state index contributed by atoms with van der Waals surface area (Å²) >= 11 is 0. The van der Waals surface area contributed by atoms with E-state index in [0.29, 0.717) is 11.4 Å². The standard InChI is InChI=1S/C12H16N2O5S/c1-18-10-7-20(16,17)6-9(10)14-12(15)8-3-4-13-11(5-8)19-2/h3-5,9-10H,6-7H2,1-2H3,(H,14,15)/t9-,10-/m1/s1. The van der Waals surface area contributed by atoms with Crippen LogP contribution in [0.25, 0.3) is 0 Å². The minimum atomic E-state index is -3.17. The summed E-state index contributed by atoms with van der Waals surface area (Å²) in [6, 6.07) is 2.47. The van der Waals surface area contributed by atoms with E-state index < -0.39 is 22.0 Å². The maximum Gasteiger partial charge on any atom is 0.251 e. The van der Waals surface area contributed by atoms with E-state index in [1.165, 1.54) is 32.5 Å². The van der Waals surface area contributed by atoms with Gasteiger partial charge in [-0.1, -0.05) is 0 Å².